The number of carbonyl (C=O) groups is 2. The molecule has 1 heterocycles. The fraction of sp³-hybridized carbons (Fsp3) is 0.333. The van der Waals surface area contributed by atoms with Crippen LogP contribution in [0.4, 0.5) is 5.69 Å². The lowest BCUT2D eigenvalue weighted by Gasteiger charge is -2.10. The monoisotopic (exact) mass is 312 g/mol. The van der Waals surface area contributed by atoms with Crippen LogP contribution >= 0.6 is 15.9 Å². The number of rotatable bonds is 3. The first-order valence-electron chi connectivity index (χ1n) is 5.50. The minimum absolute atomic E-state index is 0.0815. The summed E-state index contributed by atoms with van der Waals surface area (Å²) in [4.78, 5) is 23.0. The van der Waals surface area contributed by atoms with Crippen molar-refractivity contribution in [1.82, 2.24) is 5.32 Å². The fourth-order valence-corrected chi connectivity index (χ4v) is 2.26. The summed E-state index contributed by atoms with van der Waals surface area (Å²) in [6, 6.07) is 5.31. The molecule has 2 amide bonds. The van der Waals surface area contributed by atoms with E-state index >= 15 is 0 Å². The summed E-state index contributed by atoms with van der Waals surface area (Å²) >= 11 is 3.34. The molecular formula is C12H13BrN2O3. The maximum Gasteiger partial charge on any atom is 0.229 e. The number of hydrogen-bond donors (Lipinski definition) is 2. The topological polar surface area (TPSA) is 67.4 Å². The van der Waals surface area contributed by atoms with Crippen LogP contribution < -0.4 is 15.4 Å². The quantitative estimate of drug-likeness (QED) is 0.889. The summed E-state index contributed by atoms with van der Waals surface area (Å²) in [5.74, 6) is 0.109. The normalized spacial score (nSPS) is 18.3. The van der Waals surface area contributed by atoms with Gasteiger partial charge >= 0.3 is 0 Å². The van der Waals surface area contributed by atoms with E-state index in [1.807, 2.05) is 0 Å². The Hall–Kier alpha value is -1.56. The number of ether oxygens (including phenoxy) is 1. The first kappa shape index (κ1) is 12.9. The van der Waals surface area contributed by atoms with Gasteiger partial charge in [-0.15, -0.1) is 0 Å². The van der Waals surface area contributed by atoms with Gasteiger partial charge in [0.15, 0.2) is 0 Å². The smallest absolute Gasteiger partial charge is 0.229 e. The third-order valence-electron chi connectivity index (χ3n) is 2.72. The average molecular weight is 313 g/mol. The SMILES string of the molecule is COc1cc(Br)cc(NC(=O)C2CNC(=O)C2)c1. The van der Waals surface area contributed by atoms with Crippen LogP contribution in [-0.2, 0) is 9.59 Å². The van der Waals surface area contributed by atoms with Gasteiger partial charge in [0.1, 0.15) is 5.75 Å². The Morgan fingerprint density at radius 3 is 2.89 bits per heavy atom. The summed E-state index contributed by atoms with van der Waals surface area (Å²) < 4.78 is 5.93. The van der Waals surface area contributed by atoms with Gasteiger partial charge in [-0.1, -0.05) is 15.9 Å². The Balaban J connectivity index is 2.07. The molecule has 18 heavy (non-hydrogen) atoms. The minimum atomic E-state index is -0.303. The van der Waals surface area contributed by atoms with E-state index in [2.05, 4.69) is 26.6 Å². The highest BCUT2D eigenvalue weighted by Gasteiger charge is 2.27. The molecule has 0 aliphatic carbocycles. The Morgan fingerprint density at radius 1 is 1.50 bits per heavy atom. The van der Waals surface area contributed by atoms with Gasteiger partial charge in [0, 0.05) is 29.2 Å². The molecule has 0 spiro atoms. The summed E-state index contributed by atoms with van der Waals surface area (Å²) in [6.07, 6.45) is 0.247. The molecule has 0 aromatic heterocycles. The second kappa shape index (κ2) is 5.39. The Bertz CT molecular complexity index is 490. The second-order valence-electron chi connectivity index (χ2n) is 4.07. The van der Waals surface area contributed by atoms with Crippen molar-refractivity contribution in [2.75, 3.05) is 19.0 Å². The Morgan fingerprint density at radius 2 is 2.28 bits per heavy atom. The molecule has 2 N–H and O–H groups in total. The van der Waals surface area contributed by atoms with Crippen molar-refractivity contribution in [3.8, 4) is 5.75 Å². The molecule has 6 heteroatoms. The molecule has 0 bridgehead atoms. The summed E-state index contributed by atoms with van der Waals surface area (Å²) in [7, 11) is 1.56. The summed E-state index contributed by atoms with van der Waals surface area (Å²) in [5.41, 5.74) is 0.644. The molecule has 1 aromatic carbocycles. The molecule has 0 saturated carbocycles. The van der Waals surface area contributed by atoms with Crippen molar-refractivity contribution >= 4 is 33.4 Å². The molecule has 1 aliphatic rings. The molecule has 1 aromatic rings. The summed E-state index contributed by atoms with van der Waals surface area (Å²) in [6.45, 7) is 0.399. The van der Waals surface area contributed by atoms with E-state index in [1.165, 1.54) is 0 Å². The molecule has 2 rings (SSSR count). The van der Waals surface area contributed by atoms with Gasteiger partial charge in [0.2, 0.25) is 11.8 Å². The lowest BCUT2D eigenvalue weighted by molar-refractivity contribution is -0.123. The van der Waals surface area contributed by atoms with Gasteiger partial charge in [-0.2, -0.15) is 0 Å². The number of nitrogens with one attached hydrogen (secondary N) is 2. The highest BCUT2D eigenvalue weighted by molar-refractivity contribution is 9.10. The van der Waals surface area contributed by atoms with Crippen LogP contribution in [0.1, 0.15) is 6.42 Å². The maximum absolute atomic E-state index is 11.9. The van der Waals surface area contributed by atoms with Gasteiger partial charge in [0.05, 0.1) is 13.0 Å². The predicted octanol–water partition coefficient (Wildman–Crippen LogP) is 1.53. The number of methoxy groups -OCH3 is 1. The largest absolute Gasteiger partial charge is 0.497 e. The first-order valence-corrected chi connectivity index (χ1v) is 6.30. The first-order chi connectivity index (χ1) is 8.58. The average Bonchev–Trinajstić information content (AvgIpc) is 2.75. The zero-order valence-electron chi connectivity index (χ0n) is 9.83. The van der Waals surface area contributed by atoms with Crippen LogP contribution in [0.2, 0.25) is 0 Å². The van der Waals surface area contributed by atoms with E-state index in [-0.39, 0.29) is 24.2 Å². The van der Waals surface area contributed by atoms with E-state index in [1.54, 1.807) is 25.3 Å². The van der Waals surface area contributed by atoms with E-state index < -0.39 is 0 Å². The molecule has 1 unspecified atom stereocenters. The third kappa shape index (κ3) is 3.01. The number of benzene rings is 1. The van der Waals surface area contributed by atoms with Crippen molar-refractivity contribution in [1.29, 1.82) is 0 Å². The van der Waals surface area contributed by atoms with Crippen molar-refractivity contribution in [2.45, 2.75) is 6.42 Å². The number of hydrogen-bond acceptors (Lipinski definition) is 3. The zero-order valence-corrected chi connectivity index (χ0v) is 11.4. The highest BCUT2D eigenvalue weighted by atomic mass is 79.9. The zero-order chi connectivity index (χ0) is 13.1. The highest BCUT2D eigenvalue weighted by Crippen LogP contribution is 2.25. The van der Waals surface area contributed by atoms with Gasteiger partial charge in [-0.05, 0) is 12.1 Å². The van der Waals surface area contributed by atoms with Crippen molar-refractivity contribution in [2.24, 2.45) is 5.92 Å². The van der Waals surface area contributed by atoms with Crippen molar-refractivity contribution in [3.05, 3.63) is 22.7 Å². The number of anilines is 1. The van der Waals surface area contributed by atoms with Gasteiger partial charge in [-0.3, -0.25) is 9.59 Å². The Labute approximate surface area is 113 Å². The van der Waals surface area contributed by atoms with E-state index in [4.69, 9.17) is 4.74 Å². The molecule has 1 atom stereocenters. The van der Waals surface area contributed by atoms with Crippen LogP contribution in [0.3, 0.4) is 0 Å². The molecule has 1 fully saturated rings. The van der Waals surface area contributed by atoms with Crippen LogP contribution in [0.15, 0.2) is 22.7 Å². The molecule has 5 nitrogen and oxygen atoms in total. The lowest BCUT2D eigenvalue weighted by Crippen LogP contribution is -2.24. The van der Waals surface area contributed by atoms with E-state index in [9.17, 15) is 9.59 Å². The van der Waals surface area contributed by atoms with Crippen molar-refractivity contribution in [3.63, 3.8) is 0 Å². The molecule has 0 radical (unpaired) electrons. The van der Waals surface area contributed by atoms with Gasteiger partial charge < -0.3 is 15.4 Å². The number of amides is 2. The number of halogens is 1. The van der Waals surface area contributed by atoms with Crippen LogP contribution in [0.5, 0.6) is 5.75 Å². The Kier molecular flexibility index (Phi) is 3.86. The standard InChI is InChI=1S/C12H13BrN2O3/c1-18-10-4-8(13)3-9(5-10)15-12(17)7-2-11(16)14-6-7/h3-5,7H,2,6H2,1H3,(H,14,16)(H,15,17). The van der Waals surface area contributed by atoms with Gasteiger partial charge in [-0.25, -0.2) is 0 Å². The molecular weight excluding hydrogens is 300 g/mol. The van der Waals surface area contributed by atoms with E-state index in [0.29, 0.717) is 18.0 Å². The predicted molar refractivity (Wildman–Crippen MR) is 70.4 cm³/mol. The van der Waals surface area contributed by atoms with Crippen molar-refractivity contribution < 1.29 is 14.3 Å². The minimum Gasteiger partial charge on any atom is -0.497 e. The number of carbonyl (C=O) groups excluding carboxylic acids is 2. The summed E-state index contributed by atoms with van der Waals surface area (Å²) in [5, 5.41) is 5.42. The molecule has 1 aliphatic heterocycles. The lowest BCUT2D eigenvalue weighted by atomic mass is 10.1. The van der Waals surface area contributed by atoms with Gasteiger partial charge in [0.25, 0.3) is 0 Å². The maximum atomic E-state index is 11.9. The van der Waals surface area contributed by atoms with E-state index in [0.717, 1.165) is 4.47 Å². The van der Waals surface area contributed by atoms with Crippen LogP contribution in [0, 0.1) is 5.92 Å². The second-order valence-corrected chi connectivity index (χ2v) is 4.99. The van der Waals surface area contributed by atoms with Crippen LogP contribution in [-0.4, -0.2) is 25.5 Å². The molecule has 96 valence electrons. The molecule has 1 saturated heterocycles. The fourth-order valence-electron chi connectivity index (χ4n) is 1.79. The van der Waals surface area contributed by atoms with Crippen LogP contribution in [0.25, 0.3) is 0 Å². The third-order valence-corrected chi connectivity index (χ3v) is 3.18.